The monoisotopic (exact) mass is 828 g/mol. The number of oxime groups is 1. The Morgan fingerprint density at radius 3 is 1.77 bits per heavy atom. The molecule has 3 aromatic carbocycles. The molecule has 2 heterocycles. The van der Waals surface area contributed by atoms with Crippen molar-refractivity contribution in [3.8, 4) is 33.9 Å². The van der Waals surface area contributed by atoms with E-state index in [4.69, 9.17) is 19.3 Å². The zero-order chi connectivity index (χ0) is 44.0. The first-order valence-electron chi connectivity index (χ1n) is 21.9. The molecule has 1 unspecified atom stereocenters. The fourth-order valence-electron chi connectivity index (χ4n) is 6.87. The third-order valence-corrected chi connectivity index (χ3v) is 10.0. The largest absolute Gasteiger partial charge is 0.457 e. The third-order valence-electron chi connectivity index (χ3n) is 10.0. The smallest absolute Gasteiger partial charge is 0.351 e. The molecule has 1 aromatic heterocycles. The molecule has 0 aliphatic carbocycles. The van der Waals surface area contributed by atoms with E-state index in [1.54, 1.807) is 12.2 Å². The van der Waals surface area contributed by atoms with Gasteiger partial charge in [0.15, 0.2) is 0 Å². The van der Waals surface area contributed by atoms with Gasteiger partial charge in [-0.3, -0.25) is 4.79 Å². The Morgan fingerprint density at radius 1 is 0.689 bits per heavy atom. The molecule has 0 spiro atoms. The van der Waals surface area contributed by atoms with Crippen LogP contribution >= 0.6 is 0 Å². The summed E-state index contributed by atoms with van der Waals surface area (Å²) in [6.45, 7) is 17.0. The van der Waals surface area contributed by atoms with Crippen LogP contribution in [0.15, 0.2) is 90.1 Å². The molecule has 61 heavy (non-hydrogen) atoms. The summed E-state index contributed by atoms with van der Waals surface area (Å²) in [4.78, 5) is 54.4. The molecular weight excluding hydrogens is 765 g/mol. The molecule has 1 aliphatic heterocycles. The summed E-state index contributed by atoms with van der Waals surface area (Å²) in [5.74, 6) is -0.101. The van der Waals surface area contributed by atoms with Gasteiger partial charge in [-0.1, -0.05) is 130 Å². The number of rotatable bonds is 19. The number of aromatic nitrogens is 2. The Labute approximate surface area is 362 Å². The molecule has 1 N–H and O–H groups in total. The molecule has 0 saturated carbocycles. The number of aromatic amines is 1. The van der Waals surface area contributed by atoms with Gasteiger partial charge in [-0.25, -0.2) is 14.6 Å². The van der Waals surface area contributed by atoms with Crippen LogP contribution in [0.1, 0.15) is 130 Å². The van der Waals surface area contributed by atoms with Crippen molar-refractivity contribution >= 4 is 35.7 Å². The Bertz CT molecular complexity index is 2140. The quantitative estimate of drug-likeness (QED) is 0.0567. The number of carbonyl (C=O) groups excluding carboxylic acids is 3. The number of benzene rings is 3. The Hall–Kier alpha value is -5.77. The summed E-state index contributed by atoms with van der Waals surface area (Å²) in [6, 6.07) is 23.8. The van der Waals surface area contributed by atoms with Gasteiger partial charge < -0.3 is 24.2 Å². The van der Waals surface area contributed by atoms with Crippen LogP contribution < -0.4 is 0 Å². The minimum absolute atomic E-state index is 0.0575. The number of imidazole rings is 1. The van der Waals surface area contributed by atoms with E-state index in [1.807, 2.05) is 125 Å². The van der Waals surface area contributed by atoms with Crippen molar-refractivity contribution in [2.75, 3.05) is 13.1 Å². The molecule has 1 aliphatic rings. The number of carbonyl (C=O) groups is 3. The van der Waals surface area contributed by atoms with Crippen LogP contribution in [0.4, 0.5) is 0 Å². The molecule has 0 fully saturated rings. The van der Waals surface area contributed by atoms with Crippen LogP contribution in [0.3, 0.4) is 0 Å². The van der Waals surface area contributed by atoms with E-state index in [1.165, 1.54) is 31.8 Å². The predicted octanol–water partition coefficient (Wildman–Crippen LogP) is 11.6. The van der Waals surface area contributed by atoms with E-state index >= 15 is 0 Å². The molecular formula is C51H64N4O6. The van der Waals surface area contributed by atoms with E-state index in [2.05, 4.69) is 24.0 Å². The van der Waals surface area contributed by atoms with Gasteiger partial charge in [-0.15, -0.1) is 0 Å². The number of amides is 1. The van der Waals surface area contributed by atoms with Crippen molar-refractivity contribution in [1.29, 1.82) is 0 Å². The van der Waals surface area contributed by atoms with Gasteiger partial charge >= 0.3 is 11.9 Å². The van der Waals surface area contributed by atoms with Crippen LogP contribution in [-0.2, 0) is 28.7 Å². The topological polar surface area (TPSA) is 123 Å². The number of H-pyrrole nitrogens is 1. The second-order valence-corrected chi connectivity index (χ2v) is 17.6. The highest BCUT2D eigenvalue weighted by atomic mass is 16.7. The Kier molecular flexibility index (Phi) is 16.4. The van der Waals surface area contributed by atoms with E-state index < -0.39 is 29.2 Å². The standard InChI is InChI=1S/C51H64N4O6/c1-9-11-13-15-33-55(34-16-14-12-10-2)44(56)31-21-36-17-23-39(24-18-36)46-47(40-25-19-37(20-26-40)22-32-45(57)59-50(3,4)5)53-48(52-46)41-29-27-38(28-30-41)42-35-43(61-54-42)49(58)60-51(6,7)8/h17-32,43H,9-16,33-35H2,1-8H3,(H,52,53)/b31-21+,32-22+. The maximum absolute atomic E-state index is 13.4. The molecule has 0 radical (unpaired) electrons. The number of nitrogens with zero attached hydrogens (tertiary/aromatic N) is 3. The molecule has 324 valence electrons. The van der Waals surface area contributed by atoms with Crippen molar-refractivity contribution in [2.45, 2.75) is 130 Å². The van der Waals surface area contributed by atoms with Crippen LogP contribution in [0.2, 0.25) is 0 Å². The summed E-state index contributed by atoms with van der Waals surface area (Å²) < 4.78 is 10.9. The second kappa shape index (κ2) is 21.7. The fourth-order valence-corrected chi connectivity index (χ4v) is 6.87. The number of ether oxygens (including phenoxy) is 2. The maximum Gasteiger partial charge on any atom is 0.351 e. The van der Waals surface area contributed by atoms with Crippen molar-refractivity contribution in [1.82, 2.24) is 14.9 Å². The molecule has 4 aromatic rings. The van der Waals surface area contributed by atoms with Crippen LogP contribution in [0.25, 0.3) is 46.1 Å². The van der Waals surface area contributed by atoms with Crippen LogP contribution in [0, 0.1) is 0 Å². The maximum atomic E-state index is 13.4. The summed E-state index contributed by atoms with van der Waals surface area (Å²) in [5, 5.41) is 4.19. The average Bonchev–Trinajstić information content (AvgIpc) is 3.90. The van der Waals surface area contributed by atoms with Crippen LogP contribution in [-0.4, -0.2) is 68.8 Å². The predicted molar refractivity (Wildman–Crippen MR) is 246 cm³/mol. The molecule has 10 heteroatoms. The van der Waals surface area contributed by atoms with Gasteiger partial charge in [0.05, 0.1) is 17.1 Å². The lowest BCUT2D eigenvalue weighted by molar-refractivity contribution is -0.166. The third kappa shape index (κ3) is 14.4. The van der Waals surface area contributed by atoms with Crippen molar-refractivity contribution in [2.24, 2.45) is 5.16 Å². The Morgan fingerprint density at radius 2 is 1.21 bits per heavy atom. The fraction of sp³-hybridized carbons (Fsp3) is 0.431. The minimum Gasteiger partial charge on any atom is -0.457 e. The van der Waals surface area contributed by atoms with Crippen molar-refractivity contribution in [3.05, 3.63) is 102 Å². The number of hydrogen-bond donors (Lipinski definition) is 1. The molecule has 0 bridgehead atoms. The molecule has 1 amide bonds. The lowest BCUT2D eigenvalue weighted by atomic mass is 10.0. The van der Waals surface area contributed by atoms with E-state index in [9.17, 15) is 14.4 Å². The molecule has 10 nitrogen and oxygen atoms in total. The van der Waals surface area contributed by atoms with Gasteiger partial charge in [-0.2, -0.15) is 0 Å². The second-order valence-electron chi connectivity index (χ2n) is 17.6. The average molecular weight is 829 g/mol. The minimum atomic E-state index is -0.777. The molecule has 0 saturated heterocycles. The zero-order valence-corrected chi connectivity index (χ0v) is 37.4. The summed E-state index contributed by atoms with van der Waals surface area (Å²) in [5.41, 5.74) is 6.39. The van der Waals surface area contributed by atoms with Gasteiger partial charge in [0.25, 0.3) is 0 Å². The van der Waals surface area contributed by atoms with Gasteiger partial charge in [0.2, 0.25) is 12.0 Å². The van der Waals surface area contributed by atoms with E-state index in [0.29, 0.717) is 18.0 Å². The lowest BCUT2D eigenvalue weighted by Crippen LogP contribution is -2.32. The first-order valence-corrected chi connectivity index (χ1v) is 21.9. The number of hydrogen-bond acceptors (Lipinski definition) is 8. The van der Waals surface area contributed by atoms with E-state index in [0.717, 1.165) is 83.5 Å². The number of unbranched alkanes of at least 4 members (excludes halogenated alkanes) is 6. The highest BCUT2D eigenvalue weighted by molar-refractivity contribution is 6.03. The summed E-state index contributed by atoms with van der Waals surface area (Å²) >= 11 is 0. The van der Waals surface area contributed by atoms with Crippen molar-refractivity contribution in [3.63, 3.8) is 0 Å². The lowest BCUT2D eigenvalue weighted by Gasteiger charge is -2.21. The number of esters is 2. The van der Waals surface area contributed by atoms with Gasteiger partial charge in [0, 0.05) is 48.4 Å². The zero-order valence-electron chi connectivity index (χ0n) is 37.4. The summed E-state index contributed by atoms with van der Waals surface area (Å²) in [6.07, 6.45) is 15.4. The van der Waals surface area contributed by atoms with Gasteiger partial charge in [0.1, 0.15) is 17.0 Å². The molecule has 1 atom stereocenters. The SMILES string of the molecule is CCCCCCN(CCCCCC)C(=O)/C=C/c1ccc(-c2nc(-c3ccc(C4=NOC(C(=O)OC(C)(C)C)C4)cc3)[nH]c2-c2ccc(/C=C/C(=O)OC(C)(C)C)cc2)cc1. The first kappa shape index (κ1) is 46.3. The number of nitrogens with one attached hydrogen (secondary N) is 1. The van der Waals surface area contributed by atoms with Crippen LogP contribution in [0.5, 0.6) is 0 Å². The normalized spacial score (nSPS) is 14.3. The summed E-state index contributed by atoms with van der Waals surface area (Å²) in [7, 11) is 0. The first-order chi connectivity index (χ1) is 29.1. The highest BCUT2D eigenvalue weighted by Crippen LogP contribution is 2.34. The highest BCUT2D eigenvalue weighted by Gasteiger charge is 2.33. The van der Waals surface area contributed by atoms with Crippen molar-refractivity contribution < 1.29 is 28.7 Å². The molecule has 5 rings (SSSR count). The Balaban J connectivity index is 1.38. The van der Waals surface area contributed by atoms with Gasteiger partial charge in [-0.05, 0) is 83.2 Å². The van der Waals surface area contributed by atoms with E-state index in [-0.39, 0.29) is 5.91 Å².